The molecule has 1 rings (SSSR count). The number of hydrogen-bond acceptors (Lipinski definition) is 4. The van der Waals surface area contributed by atoms with Crippen molar-refractivity contribution in [2.45, 2.75) is 20.4 Å². The Morgan fingerprint density at radius 3 is 2.70 bits per heavy atom. The van der Waals surface area contributed by atoms with Crippen LogP contribution < -0.4 is 10.1 Å². The summed E-state index contributed by atoms with van der Waals surface area (Å²) in [5, 5.41) is 13.3. The highest BCUT2D eigenvalue weighted by Crippen LogP contribution is 2.34. The molecule has 0 radical (unpaired) electrons. The first-order valence-electron chi connectivity index (χ1n) is 6.56. The number of hydrogen-bond donors (Lipinski definition) is 2. The fraction of sp³-hybridized carbons (Fsp3) is 0.500. The van der Waals surface area contributed by atoms with Gasteiger partial charge in [0, 0.05) is 29.7 Å². The number of rotatable bonds is 7. The van der Waals surface area contributed by atoms with Gasteiger partial charge in [0.05, 0.1) is 13.7 Å². The summed E-state index contributed by atoms with van der Waals surface area (Å²) in [7, 11) is 1.47. The van der Waals surface area contributed by atoms with E-state index < -0.39 is 0 Å². The molecule has 1 amide bonds. The molecule has 2 N–H and O–H groups in total. The average molecular weight is 301 g/mol. The van der Waals surface area contributed by atoms with Gasteiger partial charge in [0.25, 0.3) is 0 Å². The number of halogens is 1. The third kappa shape index (κ3) is 4.58. The van der Waals surface area contributed by atoms with Crippen molar-refractivity contribution in [1.29, 1.82) is 0 Å². The molecule has 0 aromatic heterocycles. The average Bonchev–Trinajstić information content (AvgIpc) is 2.41. The van der Waals surface area contributed by atoms with E-state index in [1.165, 1.54) is 7.11 Å². The highest BCUT2D eigenvalue weighted by molar-refractivity contribution is 6.30. The van der Waals surface area contributed by atoms with Crippen molar-refractivity contribution in [3.05, 3.63) is 22.7 Å². The second-order valence-corrected chi connectivity index (χ2v) is 4.81. The second-order valence-electron chi connectivity index (χ2n) is 4.37. The number of carbonyl (C=O) groups excluding carboxylic acids is 1. The minimum absolute atomic E-state index is 0.0390. The molecule has 1 aromatic rings. The van der Waals surface area contributed by atoms with Crippen LogP contribution in [0.15, 0.2) is 12.1 Å². The van der Waals surface area contributed by atoms with E-state index in [2.05, 4.69) is 5.32 Å². The van der Waals surface area contributed by atoms with Gasteiger partial charge in [0.2, 0.25) is 5.91 Å². The van der Waals surface area contributed by atoms with E-state index in [9.17, 15) is 9.90 Å². The highest BCUT2D eigenvalue weighted by atomic mass is 35.5. The maximum absolute atomic E-state index is 11.6. The molecule has 20 heavy (non-hydrogen) atoms. The molecule has 0 heterocycles. The Balaban J connectivity index is 2.84. The normalized spacial score (nSPS) is 10.7. The molecule has 112 valence electrons. The fourth-order valence-electron chi connectivity index (χ4n) is 1.88. The Labute approximate surface area is 124 Å². The Morgan fingerprint density at radius 2 is 2.15 bits per heavy atom. The lowest BCUT2D eigenvalue weighted by molar-refractivity contribution is -0.122. The molecule has 0 fully saturated rings. The summed E-state index contributed by atoms with van der Waals surface area (Å²) in [5.41, 5.74) is 0.639. The predicted octanol–water partition coefficient (Wildman–Crippen LogP) is 2.01. The number of phenols is 1. The first-order chi connectivity index (χ1) is 9.51. The number of amides is 1. The summed E-state index contributed by atoms with van der Waals surface area (Å²) in [6.07, 6.45) is 0. The molecule has 0 saturated carbocycles. The second kappa shape index (κ2) is 7.97. The van der Waals surface area contributed by atoms with E-state index in [1.54, 1.807) is 12.1 Å². The number of aromatic hydroxyl groups is 1. The molecule has 0 aliphatic carbocycles. The van der Waals surface area contributed by atoms with Crippen LogP contribution in [-0.4, -0.2) is 42.7 Å². The van der Waals surface area contributed by atoms with Crippen molar-refractivity contribution in [3.63, 3.8) is 0 Å². The van der Waals surface area contributed by atoms with Gasteiger partial charge in [-0.1, -0.05) is 18.5 Å². The number of benzene rings is 1. The van der Waals surface area contributed by atoms with Crippen LogP contribution in [-0.2, 0) is 11.3 Å². The zero-order valence-corrected chi connectivity index (χ0v) is 12.8. The summed E-state index contributed by atoms with van der Waals surface area (Å²) >= 11 is 5.99. The number of ether oxygens (including phenoxy) is 1. The van der Waals surface area contributed by atoms with E-state index in [4.69, 9.17) is 16.3 Å². The van der Waals surface area contributed by atoms with Gasteiger partial charge < -0.3 is 15.2 Å². The van der Waals surface area contributed by atoms with Gasteiger partial charge in [-0.25, -0.2) is 0 Å². The molecule has 5 nitrogen and oxygen atoms in total. The molecule has 0 saturated heterocycles. The zero-order chi connectivity index (χ0) is 15.1. The minimum atomic E-state index is -0.0390. The minimum Gasteiger partial charge on any atom is -0.504 e. The van der Waals surface area contributed by atoms with Crippen LogP contribution in [0.3, 0.4) is 0 Å². The largest absolute Gasteiger partial charge is 0.504 e. The molecule has 0 spiro atoms. The Bertz CT molecular complexity index is 466. The molecule has 0 aliphatic heterocycles. The standard InChI is InChI=1S/C14H21ClN2O3/c1-4-16-13(18)9-17(5-2)8-10-6-11(15)7-12(20-3)14(10)19/h6-7,19H,4-5,8-9H2,1-3H3,(H,16,18). The summed E-state index contributed by atoms with van der Waals surface area (Å²) in [6, 6.07) is 3.24. The third-order valence-electron chi connectivity index (χ3n) is 2.92. The van der Waals surface area contributed by atoms with E-state index in [-0.39, 0.29) is 18.2 Å². The molecular weight excluding hydrogens is 280 g/mol. The lowest BCUT2D eigenvalue weighted by atomic mass is 10.1. The van der Waals surface area contributed by atoms with Crippen LogP contribution in [0.25, 0.3) is 0 Å². The van der Waals surface area contributed by atoms with Crippen LogP contribution >= 0.6 is 11.6 Å². The van der Waals surface area contributed by atoms with Gasteiger partial charge in [-0.3, -0.25) is 9.69 Å². The molecule has 6 heteroatoms. The topological polar surface area (TPSA) is 61.8 Å². The van der Waals surface area contributed by atoms with E-state index in [0.717, 1.165) is 0 Å². The van der Waals surface area contributed by atoms with Crippen molar-refractivity contribution in [1.82, 2.24) is 10.2 Å². The summed E-state index contributed by atoms with van der Waals surface area (Å²) < 4.78 is 5.07. The number of methoxy groups -OCH3 is 1. The van der Waals surface area contributed by atoms with Gasteiger partial charge in [-0.2, -0.15) is 0 Å². The molecule has 0 unspecified atom stereocenters. The van der Waals surface area contributed by atoms with Gasteiger partial charge in [-0.15, -0.1) is 0 Å². The SMILES string of the molecule is CCNC(=O)CN(CC)Cc1cc(Cl)cc(OC)c1O. The van der Waals surface area contributed by atoms with Gasteiger partial charge >= 0.3 is 0 Å². The Morgan fingerprint density at radius 1 is 1.45 bits per heavy atom. The van der Waals surface area contributed by atoms with Crippen molar-refractivity contribution in [3.8, 4) is 11.5 Å². The van der Waals surface area contributed by atoms with E-state index >= 15 is 0 Å². The highest BCUT2D eigenvalue weighted by Gasteiger charge is 2.15. The number of nitrogens with one attached hydrogen (secondary N) is 1. The Hall–Kier alpha value is -1.46. The molecule has 0 bridgehead atoms. The third-order valence-corrected chi connectivity index (χ3v) is 3.14. The van der Waals surface area contributed by atoms with Crippen molar-refractivity contribution < 1.29 is 14.6 Å². The number of nitrogens with zero attached hydrogens (tertiary/aromatic N) is 1. The lowest BCUT2D eigenvalue weighted by Gasteiger charge is -2.21. The molecule has 0 atom stereocenters. The van der Waals surface area contributed by atoms with Crippen LogP contribution in [0.5, 0.6) is 11.5 Å². The number of likely N-dealkylation sites (N-methyl/N-ethyl adjacent to an activating group) is 2. The number of carbonyl (C=O) groups is 1. The lowest BCUT2D eigenvalue weighted by Crippen LogP contribution is -2.36. The first-order valence-corrected chi connectivity index (χ1v) is 6.94. The fourth-order valence-corrected chi connectivity index (χ4v) is 2.11. The molecular formula is C14H21ClN2O3. The van der Waals surface area contributed by atoms with Crippen molar-refractivity contribution in [2.75, 3.05) is 26.7 Å². The van der Waals surface area contributed by atoms with Crippen LogP contribution in [0, 0.1) is 0 Å². The predicted molar refractivity (Wildman–Crippen MR) is 79.3 cm³/mol. The monoisotopic (exact) mass is 300 g/mol. The smallest absolute Gasteiger partial charge is 0.234 e. The van der Waals surface area contributed by atoms with Gasteiger partial charge in [-0.05, 0) is 19.5 Å². The van der Waals surface area contributed by atoms with E-state index in [1.807, 2.05) is 18.7 Å². The summed E-state index contributed by atoms with van der Waals surface area (Å²) in [4.78, 5) is 13.5. The van der Waals surface area contributed by atoms with E-state index in [0.29, 0.717) is 36.0 Å². The maximum atomic E-state index is 11.6. The van der Waals surface area contributed by atoms with Crippen LogP contribution in [0.1, 0.15) is 19.4 Å². The maximum Gasteiger partial charge on any atom is 0.234 e. The van der Waals surface area contributed by atoms with Crippen LogP contribution in [0.2, 0.25) is 5.02 Å². The van der Waals surface area contributed by atoms with Gasteiger partial charge in [0.1, 0.15) is 0 Å². The quantitative estimate of drug-likeness (QED) is 0.809. The zero-order valence-electron chi connectivity index (χ0n) is 12.1. The van der Waals surface area contributed by atoms with Crippen molar-refractivity contribution in [2.24, 2.45) is 0 Å². The van der Waals surface area contributed by atoms with Gasteiger partial charge in [0.15, 0.2) is 11.5 Å². The molecule has 1 aromatic carbocycles. The summed E-state index contributed by atoms with van der Waals surface area (Å²) in [5.74, 6) is 0.357. The number of phenolic OH excluding ortho intramolecular Hbond substituents is 1. The summed E-state index contributed by atoms with van der Waals surface area (Å²) in [6.45, 7) is 5.83. The van der Waals surface area contributed by atoms with Crippen LogP contribution in [0.4, 0.5) is 0 Å². The van der Waals surface area contributed by atoms with Crippen molar-refractivity contribution >= 4 is 17.5 Å². The Kier molecular flexibility index (Phi) is 6.61. The first kappa shape index (κ1) is 16.6. The molecule has 0 aliphatic rings.